The van der Waals surface area contributed by atoms with Crippen LogP contribution < -0.4 is 10.1 Å². The maximum absolute atomic E-state index is 12.4. The van der Waals surface area contributed by atoms with E-state index in [0.29, 0.717) is 0 Å². The maximum Gasteiger partial charge on any atom is 0.317 e. The minimum absolute atomic E-state index is 0.0827. The van der Waals surface area contributed by atoms with Crippen LogP contribution in [-0.4, -0.2) is 74.9 Å². The Bertz CT molecular complexity index is 553. The standard InChI is InChI=1S/C19H29N3O3/c1-24-18-4-2-3-16(15-18)5-8-21-9-11-22(12-10-21)19(23)20-17-6-13-25-14-7-17/h2-4,15,17H,5-14H2,1H3,(H,20,23). The number of urea groups is 1. The van der Waals surface area contributed by atoms with Crippen LogP contribution in [0.1, 0.15) is 18.4 Å². The number of hydrogen-bond acceptors (Lipinski definition) is 4. The van der Waals surface area contributed by atoms with Gasteiger partial charge in [-0.3, -0.25) is 4.90 Å². The van der Waals surface area contributed by atoms with Crippen molar-refractivity contribution in [3.63, 3.8) is 0 Å². The Morgan fingerprint density at radius 2 is 2.00 bits per heavy atom. The third-order valence-corrected chi connectivity index (χ3v) is 5.06. The van der Waals surface area contributed by atoms with Gasteiger partial charge in [-0.05, 0) is 37.0 Å². The molecule has 6 heteroatoms. The number of nitrogens with zero attached hydrogens (tertiary/aromatic N) is 2. The van der Waals surface area contributed by atoms with Gasteiger partial charge in [-0.15, -0.1) is 0 Å². The predicted octanol–water partition coefficient (Wildman–Crippen LogP) is 1.74. The number of carbonyl (C=O) groups excluding carboxylic acids is 1. The summed E-state index contributed by atoms with van der Waals surface area (Å²) in [5, 5.41) is 3.15. The second-order valence-corrected chi connectivity index (χ2v) is 6.77. The molecule has 3 rings (SSSR count). The van der Waals surface area contributed by atoms with E-state index in [1.54, 1.807) is 7.11 Å². The number of ether oxygens (including phenoxy) is 2. The molecule has 2 amide bonds. The number of methoxy groups -OCH3 is 1. The van der Waals surface area contributed by atoms with Crippen LogP contribution in [0.4, 0.5) is 4.79 Å². The van der Waals surface area contributed by atoms with Gasteiger partial charge < -0.3 is 19.7 Å². The minimum atomic E-state index is 0.0827. The van der Waals surface area contributed by atoms with E-state index in [9.17, 15) is 4.79 Å². The molecule has 1 aromatic carbocycles. The number of rotatable bonds is 5. The normalized spacial score (nSPS) is 19.6. The first-order valence-corrected chi connectivity index (χ1v) is 9.23. The molecule has 0 aromatic heterocycles. The van der Waals surface area contributed by atoms with Crippen LogP contribution >= 0.6 is 0 Å². The van der Waals surface area contributed by atoms with Crippen molar-refractivity contribution in [3.8, 4) is 5.75 Å². The van der Waals surface area contributed by atoms with Crippen LogP contribution in [0.2, 0.25) is 0 Å². The van der Waals surface area contributed by atoms with E-state index in [1.165, 1.54) is 5.56 Å². The molecule has 6 nitrogen and oxygen atoms in total. The Morgan fingerprint density at radius 3 is 2.72 bits per heavy atom. The quantitative estimate of drug-likeness (QED) is 0.882. The summed E-state index contributed by atoms with van der Waals surface area (Å²) < 4.78 is 10.6. The van der Waals surface area contributed by atoms with E-state index in [2.05, 4.69) is 22.3 Å². The molecule has 138 valence electrons. The Balaban J connectivity index is 1.38. The number of carbonyl (C=O) groups is 1. The Morgan fingerprint density at radius 1 is 1.24 bits per heavy atom. The Labute approximate surface area is 150 Å². The second kappa shape index (κ2) is 9.06. The van der Waals surface area contributed by atoms with Gasteiger partial charge in [-0.2, -0.15) is 0 Å². The van der Waals surface area contributed by atoms with Crippen LogP contribution in [0, 0.1) is 0 Å². The van der Waals surface area contributed by atoms with Crippen molar-refractivity contribution in [2.75, 3.05) is 53.0 Å². The van der Waals surface area contributed by atoms with E-state index in [4.69, 9.17) is 9.47 Å². The molecule has 0 aliphatic carbocycles. The highest BCUT2D eigenvalue weighted by Crippen LogP contribution is 2.14. The first kappa shape index (κ1) is 18.0. The lowest BCUT2D eigenvalue weighted by Crippen LogP contribution is -2.54. The number of nitrogens with one attached hydrogen (secondary N) is 1. The molecule has 0 spiro atoms. The lowest BCUT2D eigenvalue weighted by molar-refractivity contribution is 0.0761. The molecule has 0 unspecified atom stereocenters. The summed E-state index contributed by atoms with van der Waals surface area (Å²) in [6, 6.07) is 8.59. The van der Waals surface area contributed by atoms with Crippen molar-refractivity contribution in [2.45, 2.75) is 25.3 Å². The maximum atomic E-state index is 12.4. The first-order chi connectivity index (χ1) is 12.2. The van der Waals surface area contributed by atoms with Gasteiger partial charge in [0.15, 0.2) is 0 Å². The largest absolute Gasteiger partial charge is 0.497 e. The summed E-state index contributed by atoms with van der Waals surface area (Å²) in [5.74, 6) is 0.909. The molecule has 1 aromatic rings. The molecule has 1 N–H and O–H groups in total. The second-order valence-electron chi connectivity index (χ2n) is 6.77. The third-order valence-electron chi connectivity index (χ3n) is 5.06. The fourth-order valence-corrected chi connectivity index (χ4v) is 3.40. The van der Waals surface area contributed by atoms with Crippen LogP contribution in [0.3, 0.4) is 0 Å². The number of amides is 2. The molecule has 2 aliphatic heterocycles. The van der Waals surface area contributed by atoms with Gasteiger partial charge in [0.05, 0.1) is 7.11 Å². The molecule has 0 bridgehead atoms. The Kier molecular flexibility index (Phi) is 6.53. The monoisotopic (exact) mass is 347 g/mol. The van der Waals surface area contributed by atoms with Gasteiger partial charge in [0, 0.05) is 52.0 Å². The summed E-state index contributed by atoms with van der Waals surface area (Å²) in [7, 11) is 1.70. The molecular weight excluding hydrogens is 318 g/mol. The molecule has 0 saturated carbocycles. The van der Waals surface area contributed by atoms with Crippen LogP contribution in [-0.2, 0) is 11.2 Å². The van der Waals surface area contributed by atoms with Gasteiger partial charge in [-0.1, -0.05) is 12.1 Å². The zero-order valence-electron chi connectivity index (χ0n) is 15.1. The highest BCUT2D eigenvalue weighted by molar-refractivity contribution is 5.74. The number of hydrogen-bond donors (Lipinski definition) is 1. The zero-order valence-corrected chi connectivity index (χ0v) is 15.1. The lowest BCUT2D eigenvalue weighted by Gasteiger charge is -2.36. The number of piperazine rings is 1. The average molecular weight is 347 g/mol. The molecule has 2 heterocycles. The van der Waals surface area contributed by atoms with Crippen molar-refractivity contribution in [1.29, 1.82) is 0 Å². The van der Waals surface area contributed by atoms with E-state index in [0.717, 1.165) is 70.9 Å². The summed E-state index contributed by atoms with van der Waals surface area (Å²) in [6.45, 7) is 5.99. The van der Waals surface area contributed by atoms with E-state index >= 15 is 0 Å². The Hall–Kier alpha value is -1.79. The molecule has 0 atom stereocenters. The summed E-state index contributed by atoms with van der Waals surface area (Å²) in [6.07, 6.45) is 2.85. The van der Waals surface area contributed by atoms with E-state index < -0.39 is 0 Å². The van der Waals surface area contributed by atoms with Gasteiger partial charge in [0.2, 0.25) is 0 Å². The van der Waals surface area contributed by atoms with Gasteiger partial charge in [0.1, 0.15) is 5.75 Å². The van der Waals surface area contributed by atoms with Crippen molar-refractivity contribution in [1.82, 2.24) is 15.1 Å². The zero-order chi connectivity index (χ0) is 17.5. The fourth-order valence-electron chi connectivity index (χ4n) is 3.40. The van der Waals surface area contributed by atoms with E-state index in [-0.39, 0.29) is 12.1 Å². The highest BCUT2D eigenvalue weighted by Gasteiger charge is 2.23. The van der Waals surface area contributed by atoms with Crippen molar-refractivity contribution in [3.05, 3.63) is 29.8 Å². The molecular formula is C19H29N3O3. The first-order valence-electron chi connectivity index (χ1n) is 9.23. The summed E-state index contributed by atoms with van der Waals surface area (Å²) in [4.78, 5) is 16.7. The molecule has 2 fully saturated rings. The van der Waals surface area contributed by atoms with Crippen molar-refractivity contribution < 1.29 is 14.3 Å². The van der Waals surface area contributed by atoms with Crippen LogP contribution in [0.5, 0.6) is 5.75 Å². The number of benzene rings is 1. The fraction of sp³-hybridized carbons (Fsp3) is 0.632. The van der Waals surface area contributed by atoms with Gasteiger partial charge >= 0.3 is 6.03 Å². The molecule has 25 heavy (non-hydrogen) atoms. The predicted molar refractivity (Wildman–Crippen MR) is 97.1 cm³/mol. The lowest BCUT2D eigenvalue weighted by atomic mass is 10.1. The van der Waals surface area contributed by atoms with Gasteiger partial charge in [0.25, 0.3) is 0 Å². The molecule has 0 radical (unpaired) electrons. The van der Waals surface area contributed by atoms with Crippen molar-refractivity contribution in [2.24, 2.45) is 0 Å². The summed E-state index contributed by atoms with van der Waals surface area (Å²) >= 11 is 0. The van der Waals surface area contributed by atoms with Gasteiger partial charge in [-0.25, -0.2) is 4.79 Å². The molecule has 2 aliphatic rings. The van der Waals surface area contributed by atoms with E-state index in [1.807, 2.05) is 17.0 Å². The topological polar surface area (TPSA) is 54.0 Å². The SMILES string of the molecule is COc1cccc(CCN2CCN(C(=O)NC3CCOCC3)CC2)c1. The molecule has 2 saturated heterocycles. The third kappa shape index (κ3) is 5.34. The minimum Gasteiger partial charge on any atom is -0.497 e. The summed E-state index contributed by atoms with van der Waals surface area (Å²) in [5.41, 5.74) is 1.29. The van der Waals surface area contributed by atoms with Crippen LogP contribution in [0.25, 0.3) is 0 Å². The average Bonchev–Trinajstić information content (AvgIpc) is 2.67. The van der Waals surface area contributed by atoms with Crippen LogP contribution in [0.15, 0.2) is 24.3 Å². The van der Waals surface area contributed by atoms with Crippen molar-refractivity contribution >= 4 is 6.03 Å². The smallest absolute Gasteiger partial charge is 0.317 e. The highest BCUT2D eigenvalue weighted by atomic mass is 16.5.